The molecule has 0 aromatic heterocycles. The Morgan fingerprint density at radius 3 is 2.59 bits per heavy atom. The molecule has 2 fully saturated rings. The molecular weight excluding hydrogens is 220 g/mol. The molecule has 1 saturated heterocycles. The maximum absolute atomic E-state index is 11.5. The zero-order chi connectivity index (χ0) is 12.3. The van der Waals surface area contributed by atoms with Crippen molar-refractivity contribution in [2.24, 2.45) is 5.41 Å². The Bertz CT molecular complexity index is 311. The highest BCUT2D eigenvalue weighted by Crippen LogP contribution is 2.40. The van der Waals surface area contributed by atoms with E-state index in [0.717, 1.165) is 25.7 Å². The molecule has 0 unspecified atom stereocenters. The van der Waals surface area contributed by atoms with Gasteiger partial charge in [0.05, 0.1) is 6.42 Å². The van der Waals surface area contributed by atoms with Crippen molar-refractivity contribution in [3.8, 4) is 0 Å². The molecule has 2 amide bonds. The normalized spacial score (nSPS) is 23.5. The standard InChI is InChI=1S/C12H20N2O3/c15-10(16)8-12(4-2-1-3-5-12)9-14-7-6-13-11(14)17/h1-9H2,(H,13,17)(H,15,16). The van der Waals surface area contributed by atoms with Crippen LogP contribution in [-0.2, 0) is 4.79 Å². The first kappa shape index (κ1) is 12.2. The lowest BCUT2D eigenvalue weighted by Gasteiger charge is -2.38. The second-order valence-electron chi connectivity index (χ2n) is 5.28. The van der Waals surface area contributed by atoms with Gasteiger partial charge in [-0.3, -0.25) is 4.79 Å². The second-order valence-corrected chi connectivity index (χ2v) is 5.28. The lowest BCUT2D eigenvalue weighted by atomic mass is 9.71. The summed E-state index contributed by atoms with van der Waals surface area (Å²) in [5, 5.41) is 11.8. The number of carboxylic acid groups (broad SMARTS) is 1. The number of rotatable bonds is 4. The number of carbonyl (C=O) groups is 2. The molecule has 1 aliphatic heterocycles. The molecule has 96 valence electrons. The first-order chi connectivity index (χ1) is 8.11. The van der Waals surface area contributed by atoms with E-state index in [2.05, 4.69) is 5.32 Å². The van der Waals surface area contributed by atoms with E-state index in [-0.39, 0.29) is 17.9 Å². The fourth-order valence-corrected chi connectivity index (χ4v) is 3.08. The van der Waals surface area contributed by atoms with Gasteiger partial charge in [0, 0.05) is 19.6 Å². The number of aliphatic carboxylic acids is 1. The molecule has 0 aromatic carbocycles. The molecule has 0 spiro atoms. The predicted octanol–water partition coefficient (Wildman–Crippen LogP) is 1.44. The quantitative estimate of drug-likeness (QED) is 0.781. The van der Waals surface area contributed by atoms with Crippen LogP contribution in [0.4, 0.5) is 4.79 Å². The third-order valence-corrected chi connectivity index (χ3v) is 3.91. The van der Waals surface area contributed by atoms with Crippen LogP contribution in [0, 0.1) is 5.41 Å². The number of nitrogens with one attached hydrogen (secondary N) is 1. The summed E-state index contributed by atoms with van der Waals surface area (Å²) in [5.74, 6) is -0.744. The van der Waals surface area contributed by atoms with E-state index < -0.39 is 5.97 Å². The lowest BCUT2D eigenvalue weighted by molar-refractivity contribution is -0.140. The largest absolute Gasteiger partial charge is 0.481 e. The topological polar surface area (TPSA) is 69.6 Å². The molecule has 17 heavy (non-hydrogen) atoms. The predicted molar refractivity (Wildman–Crippen MR) is 62.7 cm³/mol. The minimum absolute atomic E-state index is 0.0414. The Balaban J connectivity index is 2.03. The summed E-state index contributed by atoms with van der Waals surface area (Å²) in [5.41, 5.74) is -0.189. The highest BCUT2D eigenvalue weighted by atomic mass is 16.4. The van der Waals surface area contributed by atoms with E-state index in [9.17, 15) is 9.59 Å². The summed E-state index contributed by atoms with van der Waals surface area (Å²) in [6.45, 7) is 1.99. The first-order valence-electron chi connectivity index (χ1n) is 6.36. The monoisotopic (exact) mass is 240 g/mol. The van der Waals surface area contributed by atoms with Gasteiger partial charge in [-0.25, -0.2) is 4.79 Å². The molecule has 2 N–H and O–H groups in total. The fourth-order valence-electron chi connectivity index (χ4n) is 3.08. The van der Waals surface area contributed by atoms with Crippen LogP contribution in [0.15, 0.2) is 0 Å². The highest BCUT2D eigenvalue weighted by Gasteiger charge is 2.38. The number of amides is 2. The third kappa shape index (κ3) is 2.90. The molecule has 5 nitrogen and oxygen atoms in total. The Morgan fingerprint density at radius 1 is 1.35 bits per heavy atom. The number of nitrogens with zero attached hydrogens (tertiary/aromatic N) is 1. The maximum Gasteiger partial charge on any atom is 0.317 e. The molecule has 0 aromatic rings. The number of hydrogen-bond acceptors (Lipinski definition) is 2. The van der Waals surface area contributed by atoms with Crippen molar-refractivity contribution >= 4 is 12.0 Å². The van der Waals surface area contributed by atoms with E-state index in [1.807, 2.05) is 0 Å². The molecule has 1 aliphatic carbocycles. The van der Waals surface area contributed by atoms with E-state index in [4.69, 9.17) is 5.11 Å². The van der Waals surface area contributed by atoms with Gasteiger partial charge in [0.1, 0.15) is 0 Å². The summed E-state index contributed by atoms with van der Waals surface area (Å²) in [4.78, 5) is 24.3. The summed E-state index contributed by atoms with van der Waals surface area (Å²) in [7, 11) is 0. The van der Waals surface area contributed by atoms with E-state index >= 15 is 0 Å². The molecule has 0 bridgehead atoms. The lowest BCUT2D eigenvalue weighted by Crippen LogP contribution is -2.42. The fraction of sp³-hybridized carbons (Fsp3) is 0.833. The van der Waals surface area contributed by atoms with Crippen LogP contribution in [-0.4, -0.2) is 41.6 Å². The molecule has 2 rings (SSSR count). The average Bonchev–Trinajstić information content (AvgIpc) is 2.64. The second kappa shape index (κ2) is 4.94. The van der Waals surface area contributed by atoms with Gasteiger partial charge >= 0.3 is 12.0 Å². The van der Waals surface area contributed by atoms with Crippen LogP contribution in [0.5, 0.6) is 0 Å². The SMILES string of the molecule is O=C(O)CC1(CN2CCNC2=O)CCCCC1. The van der Waals surface area contributed by atoms with Gasteiger partial charge in [-0.1, -0.05) is 19.3 Å². The third-order valence-electron chi connectivity index (χ3n) is 3.91. The smallest absolute Gasteiger partial charge is 0.317 e. The Morgan fingerprint density at radius 2 is 2.06 bits per heavy atom. The zero-order valence-corrected chi connectivity index (χ0v) is 10.1. The average molecular weight is 240 g/mol. The molecule has 1 heterocycles. The Hall–Kier alpha value is -1.26. The molecule has 2 aliphatic rings. The van der Waals surface area contributed by atoms with Gasteiger partial charge in [0.15, 0.2) is 0 Å². The van der Waals surface area contributed by atoms with Crippen LogP contribution in [0.3, 0.4) is 0 Å². The number of hydrogen-bond donors (Lipinski definition) is 2. The van der Waals surface area contributed by atoms with E-state index in [1.54, 1.807) is 4.90 Å². The van der Waals surface area contributed by atoms with E-state index in [1.165, 1.54) is 6.42 Å². The van der Waals surface area contributed by atoms with E-state index in [0.29, 0.717) is 19.6 Å². The van der Waals surface area contributed by atoms with Crippen molar-refractivity contribution in [2.75, 3.05) is 19.6 Å². The summed E-state index contributed by atoms with van der Waals surface area (Å²) in [6, 6.07) is -0.0414. The van der Waals surface area contributed by atoms with Crippen molar-refractivity contribution < 1.29 is 14.7 Å². The number of carboxylic acids is 1. The zero-order valence-electron chi connectivity index (χ0n) is 10.1. The van der Waals surface area contributed by atoms with Crippen LogP contribution in [0.2, 0.25) is 0 Å². The minimum atomic E-state index is -0.744. The molecule has 0 radical (unpaired) electrons. The number of urea groups is 1. The summed E-state index contributed by atoms with van der Waals surface area (Å²) >= 11 is 0. The van der Waals surface area contributed by atoms with Gasteiger partial charge in [0.2, 0.25) is 0 Å². The van der Waals surface area contributed by atoms with Crippen LogP contribution >= 0.6 is 0 Å². The van der Waals surface area contributed by atoms with Crippen molar-refractivity contribution in [1.82, 2.24) is 10.2 Å². The van der Waals surface area contributed by atoms with Crippen molar-refractivity contribution in [2.45, 2.75) is 38.5 Å². The Kier molecular flexibility index (Phi) is 3.54. The highest BCUT2D eigenvalue weighted by molar-refractivity contribution is 5.76. The van der Waals surface area contributed by atoms with Crippen LogP contribution in [0.1, 0.15) is 38.5 Å². The van der Waals surface area contributed by atoms with Gasteiger partial charge in [-0.2, -0.15) is 0 Å². The van der Waals surface area contributed by atoms with Gasteiger partial charge < -0.3 is 15.3 Å². The summed E-state index contributed by atoms with van der Waals surface area (Å²) in [6.07, 6.45) is 5.42. The summed E-state index contributed by atoms with van der Waals surface area (Å²) < 4.78 is 0. The Labute approximate surface area is 101 Å². The van der Waals surface area contributed by atoms with Crippen molar-refractivity contribution in [3.63, 3.8) is 0 Å². The maximum atomic E-state index is 11.5. The van der Waals surface area contributed by atoms with Gasteiger partial charge in [-0.15, -0.1) is 0 Å². The van der Waals surface area contributed by atoms with Crippen LogP contribution < -0.4 is 5.32 Å². The van der Waals surface area contributed by atoms with Crippen molar-refractivity contribution in [3.05, 3.63) is 0 Å². The molecule has 5 heteroatoms. The molecule has 1 saturated carbocycles. The minimum Gasteiger partial charge on any atom is -0.481 e. The van der Waals surface area contributed by atoms with Crippen molar-refractivity contribution in [1.29, 1.82) is 0 Å². The number of carbonyl (C=O) groups excluding carboxylic acids is 1. The first-order valence-corrected chi connectivity index (χ1v) is 6.36. The van der Waals surface area contributed by atoms with Gasteiger partial charge in [0.25, 0.3) is 0 Å². The molecule has 0 atom stereocenters. The van der Waals surface area contributed by atoms with Gasteiger partial charge in [-0.05, 0) is 18.3 Å². The molecular formula is C12H20N2O3. The van der Waals surface area contributed by atoms with Crippen LogP contribution in [0.25, 0.3) is 0 Å².